The molecule has 0 saturated carbocycles. The van der Waals surface area contributed by atoms with E-state index in [1.807, 2.05) is 18.2 Å². The lowest BCUT2D eigenvalue weighted by molar-refractivity contribution is 0.157. The molecule has 118 valence electrons. The van der Waals surface area contributed by atoms with Gasteiger partial charge in [0.2, 0.25) is 0 Å². The number of nitrogens with two attached hydrogens (primary N) is 1. The Morgan fingerprint density at radius 1 is 1.29 bits per heavy atom. The lowest BCUT2D eigenvalue weighted by Gasteiger charge is -2.32. The number of hydrogen-bond acceptors (Lipinski definition) is 3. The minimum atomic E-state index is 0.162. The fraction of sp³-hybridized carbons (Fsp3) is 0.588. The van der Waals surface area contributed by atoms with Crippen LogP contribution in [0.2, 0.25) is 0 Å². The van der Waals surface area contributed by atoms with Crippen molar-refractivity contribution in [3.8, 4) is 0 Å². The summed E-state index contributed by atoms with van der Waals surface area (Å²) >= 11 is 0. The topological polar surface area (TPSA) is 61.8 Å². The highest BCUT2D eigenvalue weighted by atomic mass is 16.4. The average Bonchev–Trinajstić information content (AvgIpc) is 2.47. The van der Waals surface area contributed by atoms with Gasteiger partial charge in [-0.05, 0) is 30.4 Å². The van der Waals surface area contributed by atoms with Crippen LogP contribution < -0.4 is 5.73 Å². The van der Waals surface area contributed by atoms with Gasteiger partial charge in [0.05, 0.1) is 0 Å². The van der Waals surface area contributed by atoms with Crippen LogP contribution in [0.4, 0.5) is 0 Å². The van der Waals surface area contributed by atoms with E-state index in [0.717, 1.165) is 31.5 Å². The number of hydrogen-bond donors (Lipinski definition) is 2. The van der Waals surface area contributed by atoms with Crippen LogP contribution in [0, 0.1) is 5.92 Å². The molecule has 0 radical (unpaired) electrons. The first-order valence-electron chi connectivity index (χ1n) is 7.82. The molecule has 0 spiro atoms. The summed E-state index contributed by atoms with van der Waals surface area (Å²) in [5.74, 6) is 0.799. The smallest absolute Gasteiger partial charge is 0.170 e. The van der Waals surface area contributed by atoms with Crippen molar-refractivity contribution in [1.82, 2.24) is 4.90 Å². The third-order valence-corrected chi connectivity index (χ3v) is 3.77. The van der Waals surface area contributed by atoms with E-state index in [0.29, 0.717) is 12.0 Å². The molecule has 4 nitrogen and oxygen atoms in total. The Kier molecular flexibility index (Phi) is 7.23. The van der Waals surface area contributed by atoms with Gasteiger partial charge < -0.3 is 10.9 Å². The summed E-state index contributed by atoms with van der Waals surface area (Å²) in [6, 6.07) is 8.53. The van der Waals surface area contributed by atoms with Crippen molar-refractivity contribution in [2.45, 2.75) is 53.1 Å². The molecule has 21 heavy (non-hydrogen) atoms. The van der Waals surface area contributed by atoms with Crippen molar-refractivity contribution in [2.75, 3.05) is 6.54 Å². The second kappa shape index (κ2) is 8.67. The van der Waals surface area contributed by atoms with E-state index in [4.69, 9.17) is 10.9 Å². The molecule has 0 amide bonds. The molecular weight excluding hydrogens is 262 g/mol. The van der Waals surface area contributed by atoms with Gasteiger partial charge in [-0.15, -0.1) is 0 Å². The average molecular weight is 291 g/mol. The molecule has 0 aliphatic carbocycles. The summed E-state index contributed by atoms with van der Waals surface area (Å²) < 4.78 is 0. The molecule has 0 saturated heterocycles. The Bertz CT molecular complexity index is 453. The van der Waals surface area contributed by atoms with Crippen LogP contribution in [-0.4, -0.2) is 28.5 Å². The minimum absolute atomic E-state index is 0.162. The van der Waals surface area contributed by atoms with Crippen molar-refractivity contribution < 1.29 is 5.21 Å². The standard InChI is InChI=1S/C17H29N3O/c1-5-16(6-2)20(11-13(3)4)12-14-8-7-9-15(10-14)17(18)19-21/h7-10,13,16,21H,5-6,11-12H2,1-4H3,(H2,18,19). The number of nitrogens with zero attached hydrogens (tertiary/aromatic N) is 2. The van der Waals surface area contributed by atoms with Gasteiger partial charge >= 0.3 is 0 Å². The molecule has 0 aromatic heterocycles. The number of rotatable bonds is 8. The zero-order valence-electron chi connectivity index (χ0n) is 13.7. The van der Waals surface area contributed by atoms with E-state index >= 15 is 0 Å². The SMILES string of the molecule is CCC(CC)N(Cc1cccc(C(N)=NO)c1)CC(C)C. The first-order valence-corrected chi connectivity index (χ1v) is 7.82. The first-order chi connectivity index (χ1) is 10.0. The van der Waals surface area contributed by atoms with Crippen molar-refractivity contribution >= 4 is 5.84 Å². The predicted octanol–water partition coefficient (Wildman–Crippen LogP) is 3.43. The van der Waals surface area contributed by atoms with Gasteiger partial charge in [0.1, 0.15) is 0 Å². The molecule has 0 atom stereocenters. The summed E-state index contributed by atoms with van der Waals surface area (Å²) in [5.41, 5.74) is 7.64. The number of oxime groups is 1. The lowest BCUT2D eigenvalue weighted by Crippen LogP contribution is -2.36. The van der Waals surface area contributed by atoms with Crippen LogP contribution in [-0.2, 0) is 6.54 Å². The van der Waals surface area contributed by atoms with Crippen molar-refractivity contribution in [1.29, 1.82) is 0 Å². The van der Waals surface area contributed by atoms with Gasteiger partial charge in [-0.25, -0.2) is 0 Å². The van der Waals surface area contributed by atoms with Crippen LogP contribution in [0.15, 0.2) is 29.4 Å². The second-order valence-corrected chi connectivity index (χ2v) is 5.98. The summed E-state index contributed by atoms with van der Waals surface area (Å²) in [6.07, 6.45) is 2.31. The second-order valence-electron chi connectivity index (χ2n) is 5.98. The highest BCUT2D eigenvalue weighted by molar-refractivity contribution is 5.97. The Morgan fingerprint density at radius 3 is 2.48 bits per heavy atom. The summed E-state index contributed by atoms with van der Waals surface area (Å²) in [6.45, 7) is 11.0. The van der Waals surface area contributed by atoms with Gasteiger partial charge in [0, 0.05) is 24.7 Å². The molecule has 0 bridgehead atoms. The van der Waals surface area contributed by atoms with E-state index in [-0.39, 0.29) is 5.84 Å². The van der Waals surface area contributed by atoms with Gasteiger partial charge in [-0.3, -0.25) is 4.90 Å². The number of amidine groups is 1. The summed E-state index contributed by atoms with van der Waals surface area (Å²) in [7, 11) is 0. The molecule has 0 aliphatic rings. The fourth-order valence-corrected chi connectivity index (χ4v) is 2.74. The maximum atomic E-state index is 8.80. The molecule has 0 aliphatic heterocycles. The Morgan fingerprint density at radius 2 is 1.95 bits per heavy atom. The van der Waals surface area contributed by atoms with Gasteiger partial charge in [-0.1, -0.05) is 51.0 Å². The third kappa shape index (κ3) is 5.38. The monoisotopic (exact) mass is 291 g/mol. The molecular formula is C17H29N3O. The highest BCUT2D eigenvalue weighted by Gasteiger charge is 2.17. The molecule has 0 heterocycles. The Labute approximate surface area is 128 Å². The van der Waals surface area contributed by atoms with Crippen LogP contribution in [0.25, 0.3) is 0 Å². The highest BCUT2D eigenvalue weighted by Crippen LogP contribution is 2.16. The molecule has 1 aromatic carbocycles. The van der Waals surface area contributed by atoms with Crippen LogP contribution in [0.3, 0.4) is 0 Å². The normalized spacial score (nSPS) is 12.6. The fourth-order valence-electron chi connectivity index (χ4n) is 2.74. The third-order valence-electron chi connectivity index (χ3n) is 3.77. The maximum Gasteiger partial charge on any atom is 0.170 e. The summed E-state index contributed by atoms with van der Waals surface area (Å²) in [4.78, 5) is 2.54. The van der Waals surface area contributed by atoms with Crippen molar-refractivity contribution in [3.63, 3.8) is 0 Å². The molecule has 3 N–H and O–H groups in total. The number of benzene rings is 1. The zero-order valence-corrected chi connectivity index (χ0v) is 13.7. The van der Waals surface area contributed by atoms with E-state index < -0.39 is 0 Å². The predicted molar refractivity (Wildman–Crippen MR) is 88.6 cm³/mol. The van der Waals surface area contributed by atoms with E-state index in [1.54, 1.807) is 0 Å². The largest absolute Gasteiger partial charge is 0.409 e. The lowest BCUT2D eigenvalue weighted by atomic mass is 10.0. The van der Waals surface area contributed by atoms with E-state index in [9.17, 15) is 0 Å². The zero-order chi connectivity index (χ0) is 15.8. The molecule has 1 rings (SSSR count). The van der Waals surface area contributed by atoms with Gasteiger partial charge in [-0.2, -0.15) is 0 Å². The van der Waals surface area contributed by atoms with Gasteiger partial charge in [0.15, 0.2) is 5.84 Å². The Balaban J connectivity index is 2.92. The summed E-state index contributed by atoms with van der Waals surface area (Å²) in [5, 5.41) is 11.9. The first kappa shape index (κ1) is 17.5. The minimum Gasteiger partial charge on any atom is -0.409 e. The van der Waals surface area contributed by atoms with E-state index in [2.05, 4.69) is 43.8 Å². The molecule has 0 unspecified atom stereocenters. The van der Waals surface area contributed by atoms with Gasteiger partial charge in [0.25, 0.3) is 0 Å². The molecule has 4 heteroatoms. The van der Waals surface area contributed by atoms with Crippen LogP contribution >= 0.6 is 0 Å². The van der Waals surface area contributed by atoms with Crippen LogP contribution in [0.5, 0.6) is 0 Å². The van der Waals surface area contributed by atoms with Crippen molar-refractivity contribution in [2.24, 2.45) is 16.8 Å². The quantitative estimate of drug-likeness (QED) is 0.334. The Hall–Kier alpha value is -1.55. The maximum absolute atomic E-state index is 8.80. The van der Waals surface area contributed by atoms with Crippen molar-refractivity contribution in [3.05, 3.63) is 35.4 Å². The van der Waals surface area contributed by atoms with E-state index in [1.165, 1.54) is 5.56 Å². The molecule has 0 fully saturated rings. The van der Waals surface area contributed by atoms with Crippen LogP contribution in [0.1, 0.15) is 51.7 Å². The molecule has 1 aromatic rings.